The van der Waals surface area contributed by atoms with E-state index in [-0.39, 0.29) is 0 Å². The zero-order valence-corrected chi connectivity index (χ0v) is 9.27. The Hall–Kier alpha value is -0.480. The first-order valence-corrected chi connectivity index (χ1v) is 5.42. The van der Waals surface area contributed by atoms with Crippen molar-refractivity contribution in [1.82, 2.24) is 9.78 Å². The van der Waals surface area contributed by atoms with Gasteiger partial charge in [0.1, 0.15) is 0 Å². The van der Waals surface area contributed by atoms with E-state index in [2.05, 4.69) is 18.1 Å². The maximum atomic E-state index is 5.64. The summed E-state index contributed by atoms with van der Waals surface area (Å²) in [5, 5.41) is 6.00. The third-order valence-electron chi connectivity index (χ3n) is 1.96. The molecule has 0 aliphatic carbocycles. The predicted molar refractivity (Wildman–Crippen MR) is 56.9 cm³/mol. The van der Waals surface area contributed by atoms with Crippen LogP contribution in [0.25, 0.3) is 0 Å². The summed E-state index contributed by atoms with van der Waals surface area (Å²) in [6.07, 6.45) is 1.10. The highest BCUT2D eigenvalue weighted by molar-refractivity contribution is 7.99. The summed E-state index contributed by atoms with van der Waals surface area (Å²) in [4.78, 5) is 0. The van der Waals surface area contributed by atoms with Gasteiger partial charge in [0.2, 0.25) is 0 Å². The lowest BCUT2D eigenvalue weighted by Gasteiger charge is -2.10. The number of aryl methyl sites for hydroxylation is 2. The molecule has 1 atom stereocenters. The molecule has 0 spiro atoms. The molecule has 2 N–H and O–H groups in total. The summed E-state index contributed by atoms with van der Waals surface area (Å²) in [6, 6.07) is 2.10. The summed E-state index contributed by atoms with van der Waals surface area (Å²) >= 11 is 1.81. The summed E-state index contributed by atoms with van der Waals surface area (Å²) < 4.78 is 1.92. The number of hydrogen-bond acceptors (Lipinski definition) is 3. The van der Waals surface area contributed by atoms with Crippen LogP contribution in [0.5, 0.6) is 0 Å². The largest absolute Gasteiger partial charge is 0.329 e. The second-order valence-electron chi connectivity index (χ2n) is 3.13. The fraction of sp³-hybridized carbons (Fsp3) is 0.667. The number of nitrogens with two attached hydrogens (primary N) is 1. The lowest BCUT2D eigenvalue weighted by molar-refractivity contribution is 0.688. The lowest BCUT2D eigenvalue weighted by Crippen LogP contribution is -2.15. The molecule has 0 amide bonds. The zero-order chi connectivity index (χ0) is 9.84. The molecule has 0 fully saturated rings. The molecule has 1 rings (SSSR count). The van der Waals surface area contributed by atoms with Crippen LogP contribution in [-0.2, 0) is 7.05 Å². The second kappa shape index (κ2) is 4.67. The van der Waals surface area contributed by atoms with Crippen molar-refractivity contribution in [2.45, 2.75) is 30.5 Å². The van der Waals surface area contributed by atoms with Crippen molar-refractivity contribution >= 4 is 11.8 Å². The molecule has 0 saturated carbocycles. The van der Waals surface area contributed by atoms with E-state index in [0.29, 0.717) is 5.25 Å². The van der Waals surface area contributed by atoms with E-state index in [1.54, 1.807) is 0 Å². The highest BCUT2D eigenvalue weighted by atomic mass is 32.2. The minimum Gasteiger partial charge on any atom is -0.329 e. The SMILES string of the molecule is CCC(CN)Sc1cc(C)nn1C. The van der Waals surface area contributed by atoms with Crippen LogP contribution in [0.1, 0.15) is 19.0 Å². The third-order valence-corrected chi connectivity index (χ3v) is 3.45. The van der Waals surface area contributed by atoms with Gasteiger partial charge in [0.05, 0.1) is 10.7 Å². The van der Waals surface area contributed by atoms with E-state index in [9.17, 15) is 0 Å². The van der Waals surface area contributed by atoms with Gasteiger partial charge in [-0.1, -0.05) is 6.92 Å². The lowest BCUT2D eigenvalue weighted by atomic mass is 10.3. The van der Waals surface area contributed by atoms with Gasteiger partial charge in [-0.15, -0.1) is 11.8 Å². The fourth-order valence-electron chi connectivity index (χ4n) is 1.17. The van der Waals surface area contributed by atoms with Crippen LogP contribution in [0, 0.1) is 6.92 Å². The fourth-order valence-corrected chi connectivity index (χ4v) is 2.20. The van der Waals surface area contributed by atoms with Crippen molar-refractivity contribution in [3.05, 3.63) is 11.8 Å². The highest BCUT2D eigenvalue weighted by Gasteiger charge is 2.09. The second-order valence-corrected chi connectivity index (χ2v) is 4.45. The molecule has 1 unspecified atom stereocenters. The summed E-state index contributed by atoms with van der Waals surface area (Å²) in [5.41, 5.74) is 6.70. The van der Waals surface area contributed by atoms with Crippen LogP contribution in [0.3, 0.4) is 0 Å². The van der Waals surface area contributed by atoms with E-state index < -0.39 is 0 Å². The van der Waals surface area contributed by atoms with Crippen molar-refractivity contribution in [1.29, 1.82) is 0 Å². The molecule has 74 valence electrons. The molecule has 1 aromatic rings. The molecule has 0 saturated heterocycles. The van der Waals surface area contributed by atoms with Crippen LogP contribution in [0.4, 0.5) is 0 Å². The Balaban J connectivity index is 2.67. The molecule has 0 bridgehead atoms. The monoisotopic (exact) mass is 199 g/mol. The van der Waals surface area contributed by atoms with E-state index in [0.717, 1.165) is 18.7 Å². The maximum Gasteiger partial charge on any atom is 0.0942 e. The van der Waals surface area contributed by atoms with Gasteiger partial charge in [-0.3, -0.25) is 4.68 Å². The number of hydrogen-bond donors (Lipinski definition) is 1. The van der Waals surface area contributed by atoms with E-state index >= 15 is 0 Å². The molecule has 1 aromatic heterocycles. The summed E-state index contributed by atoms with van der Waals surface area (Å²) in [7, 11) is 1.97. The van der Waals surface area contributed by atoms with Gasteiger partial charge in [-0.05, 0) is 19.4 Å². The van der Waals surface area contributed by atoms with Crippen molar-refractivity contribution in [2.24, 2.45) is 12.8 Å². The highest BCUT2D eigenvalue weighted by Crippen LogP contribution is 2.24. The van der Waals surface area contributed by atoms with Crippen LogP contribution >= 0.6 is 11.8 Å². The summed E-state index contributed by atoms with van der Waals surface area (Å²) in [6.45, 7) is 4.90. The summed E-state index contributed by atoms with van der Waals surface area (Å²) in [5.74, 6) is 0. The van der Waals surface area contributed by atoms with E-state index in [1.807, 2.05) is 30.4 Å². The Morgan fingerprint density at radius 3 is 2.77 bits per heavy atom. The Kier molecular flexibility index (Phi) is 3.81. The van der Waals surface area contributed by atoms with Gasteiger partial charge in [-0.25, -0.2) is 0 Å². The smallest absolute Gasteiger partial charge is 0.0942 e. The molecule has 0 aromatic carbocycles. The van der Waals surface area contributed by atoms with Gasteiger partial charge in [0, 0.05) is 18.8 Å². The van der Waals surface area contributed by atoms with Gasteiger partial charge in [0.15, 0.2) is 0 Å². The zero-order valence-electron chi connectivity index (χ0n) is 8.45. The van der Waals surface area contributed by atoms with Gasteiger partial charge in [0.25, 0.3) is 0 Å². The Bertz CT molecular complexity index is 266. The third kappa shape index (κ3) is 2.74. The molecule has 0 aliphatic heterocycles. The first kappa shape index (κ1) is 10.6. The Morgan fingerprint density at radius 2 is 2.38 bits per heavy atom. The quantitative estimate of drug-likeness (QED) is 0.748. The average molecular weight is 199 g/mol. The minimum atomic E-state index is 0.509. The first-order valence-electron chi connectivity index (χ1n) is 4.54. The van der Waals surface area contributed by atoms with Crippen LogP contribution in [-0.4, -0.2) is 21.6 Å². The molecule has 3 nitrogen and oxygen atoms in total. The molecular weight excluding hydrogens is 182 g/mol. The number of nitrogens with zero attached hydrogens (tertiary/aromatic N) is 2. The molecular formula is C9H17N3S. The molecule has 4 heteroatoms. The van der Waals surface area contributed by atoms with Crippen LogP contribution in [0.15, 0.2) is 11.1 Å². The number of rotatable bonds is 4. The first-order chi connectivity index (χ1) is 6.17. The standard InChI is InChI=1S/C9H17N3S/c1-4-8(6-10)13-9-5-7(2)11-12(9)3/h5,8H,4,6,10H2,1-3H3. The minimum absolute atomic E-state index is 0.509. The average Bonchev–Trinajstić information content (AvgIpc) is 2.41. The topological polar surface area (TPSA) is 43.8 Å². The van der Waals surface area contributed by atoms with Crippen LogP contribution in [0.2, 0.25) is 0 Å². The van der Waals surface area contributed by atoms with Gasteiger partial charge < -0.3 is 5.73 Å². The normalized spacial score (nSPS) is 13.2. The van der Waals surface area contributed by atoms with Gasteiger partial charge in [-0.2, -0.15) is 5.10 Å². The molecule has 13 heavy (non-hydrogen) atoms. The van der Waals surface area contributed by atoms with E-state index in [4.69, 9.17) is 5.73 Å². The molecule has 1 heterocycles. The molecule has 0 aliphatic rings. The molecule has 0 radical (unpaired) electrons. The maximum absolute atomic E-state index is 5.64. The van der Waals surface area contributed by atoms with Crippen molar-refractivity contribution < 1.29 is 0 Å². The van der Waals surface area contributed by atoms with Crippen LogP contribution < -0.4 is 5.73 Å². The number of thioether (sulfide) groups is 1. The number of aromatic nitrogens is 2. The Labute approximate surface area is 83.7 Å². The van der Waals surface area contributed by atoms with Crippen molar-refractivity contribution in [3.63, 3.8) is 0 Å². The van der Waals surface area contributed by atoms with Crippen molar-refractivity contribution in [3.8, 4) is 0 Å². The van der Waals surface area contributed by atoms with Gasteiger partial charge >= 0.3 is 0 Å². The Morgan fingerprint density at radius 1 is 1.69 bits per heavy atom. The van der Waals surface area contributed by atoms with E-state index in [1.165, 1.54) is 5.03 Å². The van der Waals surface area contributed by atoms with Crippen molar-refractivity contribution in [2.75, 3.05) is 6.54 Å². The predicted octanol–water partition coefficient (Wildman–Crippen LogP) is 1.56.